The lowest BCUT2D eigenvalue weighted by Crippen LogP contribution is -2.28. The smallest absolute Gasteiger partial charge is 0.405 e. The van der Waals surface area contributed by atoms with Crippen molar-refractivity contribution in [1.82, 2.24) is 10.8 Å². The van der Waals surface area contributed by atoms with Crippen molar-refractivity contribution in [3.05, 3.63) is 21.9 Å². The van der Waals surface area contributed by atoms with Crippen molar-refractivity contribution in [2.24, 2.45) is 0 Å². The Bertz CT molecular complexity index is 392. The lowest BCUT2D eigenvalue weighted by Gasteiger charge is -2.11. The molecular formula is C8H11N3O4S. The van der Waals surface area contributed by atoms with Crippen molar-refractivity contribution in [2.75, 3.05) is 6.61 Å². The molecule has 0 saturated carbocycles. The number of hydrogen-bond donors (Lipinski definition) is 6. The van der Waals surface area contributed by atoms with Crippen LogP contribution in [0.4, 0.5) is 4.79 Å². The number of hydroxylamine groups is 1. The number of rotatable bonds is 4. The summed E-state index contributed by atoms with van der Waals surface area (Å²) >= 11 is 1.19. The van der Waals surface area contributed by atoms with E-state index in [1.54, 1.807) is 10.9 Å². The summed E-state index contributed by atoms with van der Waals surface area (Å²) < 4.78 is 0. The molecule has 1 aromatic rings. The highest BCUT2D eigenvalue weighted by Crippen LogP contribution is 2.21. The molecule has 0 spiro atoms. The predicted octanol–water partition coefficient (Wildman–Crippen LogP) is 0.353. The fraction of sp³-hybridized carbons (Fsp3) is 0.250. The van der Waals surface area contributed by atoms with Gasteiger partial charge in [0.05, 0.1) is 12.6 Å². The number of nitrogens with one attached hydrogen (secondary N) is 3. The van der Waals surface area contributed by atoms with Crippen LogP contribution in [0.3, 0.4) is 0 Å². The quantitative estimate of drug-likeness (QED) is 0.259. The molecule has 1 rings (SSSR count). The summed E-state index contributed by atoms with van der Waals surface area (Å²) in [6.45, 7) is -0.369. The Morgan fingerprint density at radius 1 is 1.62 bits per heavy atom. The number of amidine groups is 1. The van der Waals surface area contributed by atoms with E-state index in [1.165, 1.54) is 17.4 Å². The molecule has 1 atom stereocenters. The lowest BCUT2D eigenvalue weighted by atomic mass is 10.2. The van der Waals surface area contributed by atoms with Crippen LogP contribution in [0.2, 0.25) is 0 Å². The van der Waals surface area contributed by atoms with Gasteiger partial charge in [0.2, 0.25) is 0 Å². The Balaban J connectivity index is 2.82. The molecule has 1 aromatic heterocycles. The molecule has 7 nitrogen and oxygen atoms in total. The van der Waals surface area contributed by atoms with E-state index >= 15 is 0 Å². The van der Waals surface area contributed by atoms with Crippen molar-refractivity contribution >= 4 is 23.3 Å². The third kappa shape index (κ3) is 2.92. The summed E-state index contributed by atoms with van der Waals surface area (Å²) in [5.41, 5.74) is 2.11. The van der Waals surface area contributed by atoms with Gasteiger partial charge in [-0.1, -0.05) is 0 Å². The zero-order chi connectivity index (χ0) is 12.1. The van der Waals surface area contributed by atoms with Crippen molar-refractivity contribution < 1.29 is 20.2 Å². The molecule has 0 aromatic carbocycles. The highest BCUT2D eigenvalue weighted by atomic mass is 32.1. The zero-order valence-corrected chi connectivity index (χ0v) is 8.91. The van der Waals surface area contributed by atoms with Crippen LogP contribution in [-0.2, 0) is 0 Å². The van der Waals surface area contributed by atoms with E-state index in [9.17, 15) is 4.79 Å². The van der Waals surface area contributed by atoms with Gasteiger partial charge in [-0.05, 0) is 6.07 Å². The van der Waals surface area contributed by atoms with E-state index < -0.39 is 12.1 Å². The number of amides is 1. The van der Waals surface area contributed by atoms with Crippen LogP contribution in [0.15, 0.2) is 11.4 Å². The molecule has 0 aliphatic carbocycles. The maximum Gasteiger partial charge on any atom is 0.405 e. The molecule has 0 radical (unpaired) electrons. The fourth-order valence-corrected chi connectivity index (χ4v) is 2.03. The summed E-state index contributed by atoms with van der Waals surface area (Å²) in [5.74, 6) is -0.186. The minimum atomic E-state index is -1.23. The molecule has 88 valence electrons. The summed E-state index contributed by atoms with van der Waals surface area (Å²) in [6.07, 6.45) is -1.23. The van der Waals surface area contributed by atoms with Gasteiger partial charge < -0.3 is 15.5 Å². The maximum absolute atomic E-state index is 10.4. The number of aliphatic hydroxyl groups excluding tert-OH is 1. The minimum absolute atomic E-state index is 0.186. The van der Waals surface area contributed by atoms with Crippen LogP contribution in [-0.4, -0.2) is 34.0 Å². The normalized spacial score (nSPS) is 11.9. The zero-order valence-electron chi connectivity index (χ0n) is 8.10. The van der Waals surface area contributed by atoms with Crippen LogP contribution in [0.5, 0.6) is 0 Å². The first-order valence-corrected chi connectivity index (χ1v) is 5.14. The first-order valence-electron chi connectivity index (χ1n) is 4.26. The van der Waals surface area contributed by atoms with Crippen LogP contribution in [0, 0.1) is 5.41 Å². The van der Waals surface area contributed by atoms with Crippen molar-refractivity contribution in [3.63, 3.8) is 0 Å². The van der Waals surface area contributed by atoms with E-state index in [1.807, 2.05) is 0 Å². The van der Waals surface area contributed by atoms with Gasteiger partial charge in [0, 0.05) is 15.8 Å². The Morgan fingerprint density at radius 2 is 2.31 bits per heavy atom. The predicted molar refractivity (Wildman–Crippen MR) is 57.1 cm³/mol. The molecule has 1 amide bonds. The Kier molecular flexibility index (Phi) is 4.23. The number of carbonyl (C=O) groups is 1. The molecule has 0 saturated heterocycles. The molecule has 0 fully saturated rings. The van der Waals surface area contributed by atoms with Crippen LogP contribution < -0.4 is 10.8 Å². The molecule has 16 heavy (non-hydrogen) atoms. The highest BCUT2D eigenvalue weighted by molar-refractivity contribution is 7.10. The third-order valence-electron chi connectivity index (χ3n) is 1.84. The molecule has 6 N–H and O–H groups in total. The average Bonchev–Trinajstić information content (AvgIpc) is 2.73. The van der Waals surface area contributed by atoms with Gasteiger partial charge in [-0.3, -0.25) is 16.1 Å². The minimum Gasteiger partial charge on any atom is -0.465 e. The SMILES string of the molecule is N=C(NO)c1csc([C@@H](CO)NC(=O)O)c1. The van der Waals surface area contributed by atoms with Crippen molar-refractivity contribution in [1.29, 1.82) is 5.41 Å². The lowest BCUT2D eigenvalue weighted by molar-refractivity contribution is 0.178. The Labute approximate surface area is 94.8 Å². The van der Waals surface area contributed by atoms with Gasteiger partial charge in [0.25, 0.3) is 0 Å². The summed E-state index contributed by atoms with van der Waals surface area (Å²) in [5, 5.41) is 37.0. The second-order valence-corrected chi connectivity index (χ2v) is 3.85. The van der Waals surface area contributed by atoms with Gasteiger partial charge in [0.15, 0.2) is 0 Å². The van der Waals surface area contributed by atoms with E-state index in [4.69, 9.17) is 20.8 Å². The Morgan fingerprint density at radius 3 is 2.81 bits per heavy atom. The number of aliphatic hydroxyl groups is 1. The van der Waals surface area contributed by atoms with Gasteiger partial charge in [-0.2, -0.15) is 0 Å². The standard InChI is InChI=1S/C8H11N3O4S/c9-7(11-15)4-1-6(16-3-4)5(2-12)10-8(13)14/h1,3,5,10,12,15H,2H2,(H2,9,11)(H,13,14)/t5-/m1/s1. The molecule has 0 aliphatic heterocycles. The van der Waals surface area contributed by atoms with Gasteiger partial charge in [-0.15, -0.1) is 11.3 Å². The Hall–Kier alpha value is -1.64. The first kappa shape index (κ1) is 12.4. The van der Waals surface area contributed by atoms with Gasteiger partial charge in [-0.25, -0.2) is 4.79 Å². The molecule has 0 unspecified atom stereocenters. The molecule has 8 heteroatoms. The summed E-state index contributed by atoms with van der Waals surface area (Å²) in [7, 11) is 0. The number of hydrogen-bond acceptors (Lipinski definition) is 5. The topological polar surface area (TPSA) is 126 Å². The van der Waals surface area contributed by atoms with Crippen LogP contribution >= 0.6 is 11.3 Å². The fourth-order valence-electron chi connectivity index (χ4n) is 1.09. The molecule has 0 aliphatic rings. The first-order chi connectivity index (χ1) is 7.58. The maximum atomic E-state index is 10.4. The van der Waals surface area contributed by atoms with E-state index in [0.717, 1.165) is 0 Å². The van der Waals surface area contributed by atoms with E-state index in [0.29, 0.717) is 10.4 Å². The third-order valence-corrected chi connectivity index (χ3v) is 2.89. The highest BCUT2D eigenvalue weighted by Gasteiger charge is 2.16. The molecule has 0 bridgehead atoms. The molecule has 1 heterocycles. The second kappa shape index (κ2) is 5.45. The monoisotopic (exact) mass is 245 g/mol. The average molecular weight is 245 g/mol. The summed E-state index contributed by atoms with van der Waals surface area (Å²) in [4.78, 5) is 11.0. The van der Waals surface area contributed by atoms with Crippen molar-refractivity contribution in [3.8, 4) is 0 Å². The number of thiophene rings is 1. The summed E-state index contributed by atoms with van der Waals surface area (Å²) in [6, 6.07) is 0.801. The van der Waals surface area contributed by atoms with Crippen molar-refractivity contribution in [2.45, 2.75) is 6.04 Å². The number of carboxylic acid groups (broad SMARTS) is 1. The largest absolute Gasteiger partial charge is 0.465 e. The van der Waals surface area contributed by atoms with E-state index in [2.05, 4.69) is 5.32 Å². The van der Waals surface area contributed by atoms with Gasteiger partial charge in [0.1, 0.15) is 5.84 Å². The molecular weight excluding hydrogens is 234 g/mol. The van der Waals surface area contributed by atoms with Crippen LogP contribution in [0.1, 0.15) is 16.5 Å². The van der Waals surface area contributed by atoms with Gasteiger partial charge >= 0.3 is 6.09 Å². The van der Waals surface area contributed by atoms with E-state index in [-0.39, 0.29) is 12.4 Å². The van der Waals surface area contributed by atoms with Crippen LogP contribution in [0.25, 0.3) is 0 Å². The second-order valence-electron chi connectivity index (χ2n) is 2.91.